The van der Waals surface area contributed by atoms with Gasteiger partial charge < -0.3 is 25.0 Å². The van der Waals surface area contributed by atoms with Crippen LogP contribution in [0.2, 0.25) is 0 Å². The van der Waals surface area contributed by atoms with Gasteiger partial charge in [0.25, 0.3) is 0 Å². The number of nitrogens with zero attached hydrogens (tertiary/aromatic N) is 4. The Kier molecular flexibility index (Phi) is 5.01. The van der Waals surface area contributed by atoms with Crippen LogP contribution in [0.3, 0.4) is 0 Å². The Morgan fingerprint density at radius 2 is 1.90 bits per heavy atom. The summed E-state index contributed by atoms with van der Waals surface area (Å²) in [5, 5.41) is 18.7. The van der Waals surface area contributed by atoms with E-state index in [4.69, 9.17) is 10.5 Å². The van der Waals surface area contributed by atoms with E-state index in [-0.39, 0.29) is 17.9 Å². The summed E-state index contributed by atoms with van der Waals surface area (Å²) in [5.74, 6) is 0.155. The number of anilines is 1. The van der Waals surface area contributed by atoms with E-state index >= 15 is 0 Å². The number of aromatic nitrogens is 3. The van der Waals surface area contributed by atoms with Crippen LogP contribution in [0.4, 0.5) is 10.5 Å². The van der Waals surface area contributed by atoms with Crippen molar-refractivity contribution in [3.05, 3.63) is 36.5 Å². The third-order valence-electron chi connectivity index (χ3n) is 5.29. The van der Waals surface area contributed by atoms with Crippen molar-refractivity contribution in [3.63, 3.8) is 0 Å². The van der Waals surface area contributed by atoms with Crippen LogP contribution in [0, 0.1) is 0 Å². The highest BCUT2D eigenvalue weighted by Crippen LogP contribution is 2.34. The van der Waals surface area contributed by atoms with Gasteiger partial charge in [-0.05, 0) is 51.8 Å². The summed E-state index contributed by atoms with van der Waals surface area (Å²) in [7, 11) is 0. The van der Waals surface area contributed by atoms with Crippen molar-refractivity contribution >= 4 is 22.8 Å². The maximum Gasteiger partial charge on any atom is 0.410 e. The first-order valence-corrected chi connectivity index (χ1v) is 10.1. The zero-order chi connectivity index (χ0) is 21.5. The van der Waals surface area contributed by atoms with Crippen LogP contribution < -0.4 is 5.73 Å². The average molecular weight is 409 g/mol. The Bertz CT molecular complexity index is 1080. The number of piperidine rings is 1. The number of hydrogen-bond donors (Lipinski definition) is 2. The second-order valence-corrected chi connectivity index (χ2v) is 8.67. The SMILES string of the molecule is CC(C)(C)OC(=O)N1CCC(n2cc(N)c3nnc(-c4ccccc4O)cc32)CC1. The molecule has 3 aromatic rings. The molecule has 1 aromatic carbocycles. The summed E-state index contributed by atoms with van der Waals surface area (Å²) in [6, 6.07) is 9.14. The second kappa shape index (κ2) is 7.51. The Balaban J connectivity index is 1.59. The molecule has 3 heterocycles. The van der Waals surface area contributed by atoms with Gasteiger partial charge in [-0.25, -0.2) is 4.79 Å². The van der Waals surface area contributed by atoms with E-state index < -0.39 is 5.60 Å². The number of phenols is 1. The van der Waals surface area contributed by atoms with Crippen molar-refractivity contribution in [1.29, 1.82) is 0 Å². The summed E-state index contributed by atoms with van der Waals surface area (Å²) in [6.07, 6.45) is 3.19. The molecule has 158 valence electrons. The lowest BCUT2D eigenvalue weighted by Gasteiger charge is -2.34. The van der Waals surface area contributed by atoms with Crippen molar-refractivity contribution in [3.8, 4) is 17.0 Å². The number of amides is 1. The van der Waals surface area contributed by atoms with Crippen LogP contribution in [0.15, 0.2) is 36.5 Å². The highest BCUT2D eigenvalue weighted by molar-refractivity contribution is 5.90. The number of likely N-dealkylation sites (tertiary alicyclic amines) is 1. The van der Waals surface area contributed by atoms with Crippen LogP contribution >= 0.6 is 0 Å². The lowest BCUT2D eigenvalue weighted by atomic mass is 10.0. The highest BCUT2D eigenvalue weighted by atomic mass is 16.6. The maximum atomic E-state index is 12.3. The molecule has 0 atom stereocenters. The number of ether oxygens (including phenoxy) is 1. The lowest BCUT2D eigenvalue weighted by Crippen LogP contribution is -2.42. The number of benzene rings is 1. The fourth-order valence-corrected chi connectivity index (χ4v) is 3.84. The molecular formula is C22H27N5O3. The lowest BCUT2D eigenvalue weighted by molar-refractivity contribution is 0.0189. The zero-order valence-corrected chi connectivity index (χ0v) is 17.5. The van der Waals surface area contributed by atoms with Crippen LogP contribution in [0.5, 0.6) is 5.75 Å². The number of phenolic OH excluding ortho intramolecular Hbond substituents is 1. The molecule has 1 aliphatic rings. The largest absolute Gasteiger partial charge is 0.507 e. The zero-order valence-electron chi connectivity index (χ0n) is 17.5. The van der Waals surface area contributed by atoms with Gasteiger partial charge in [-0.1, -0.05) is 12.1 Å². The van der Waals surface area contributed by atoms with E-state index in [1.165, 1.54) is 0 Å². The number of fused-ring (bicyclic) bond motifs is 1. The smallest absolute Gasteiger partial charge is 0.410 e. The molecule has 3 N–H and O–H groups in total. The summed E-state index contributed by atoms with van der Waals surface area (Å²) >= 11 is 0. The van der Waals surface area contributed by atoms with E-state index in [0.717, 1.165) is 18.4 Å². The fourth-order valence-electron chi connectivity index (χ4n) is 3.84. The molecule has 1 aliphatic heterocycles. The number of nitrogens with two attached hydrogens (primary N) is 1. The van der Waals surface area contributed by atoms with Crippen LogP contribution in [-0.4, -0.2) is 49.6 Å². The molecule has 1 fully saturated rings. The number of carbonyl (C=O) groups excluding carboxylic acids is 1. The van der Waals surface area contributed by atoms with E-state index in [0.29, 0.717) is 35.6 Å². The molecule has 4 rings (SSSR count). The quantitative estimate of drug-likeness (QED) is 0.664. The molecular weight excluding hydrogens is 382 g/mol. The highest BCUT2D eigenvalue weighted by Gasteiger charge is 2.28. The molecule has 0 spiro atoms. The molecule has 8 nitrogen and oxygen atoms in total. The third-order valence-corrected chi connectivity index (χ3v) is 5.29. The van der Waals surface area contributed by atoms with Gasteiger partial charge in [-0.3, -0.25) is 0 Å². The second-order valence-electron chi connectivity index (χ2n) is 8.67. The molecule has 8 heteroatoms. The van der Waals surface area contributed by atoms with E-state index in [1.54, 1.807) is 23.1 Å². The maximum absolute atomic E-state index is 12.3. The molecule has 1 saturated heterocycles. The topological polar surface area (TPSA) is 106 Å². The van der Waals surface area contributed by atoms with Crippen LogP contribution in [0.1, 0.15) is 39.7 Å². The minimum Gasteiger partial charge on any atom is -0.507 e. The van der Waals surface area contributed by atoms with E-state index in [9.17, 15) is 9.90 Å². The first-order chi connectivity index (χ1) is 14.2. The van der Waals surface area contributed by atoms with E-state index in [2.05, 4.69) is 14.8 Å². The normalized spacial score (nSPS) is 15.5. The standard InChI is InChI=1S/C22H27N5O3/c1-22(2,3)30-21(29)26-10-8-14(9-11-26)27-13-16(23)20-18(27)12-17(24-25-20)15-6-4-5-7-19(15)28/h4-7,12-14,28H,8-11,23H2,1-3H3. The molecule has 2 aromatic heterocycles. The molecule has 30 heavy (non-hydrogen) atoms. The Hall–Kier alpha value is -3.29. The number of aromatic hydroxyl groups is 1. The van der Waals surface area contributed by atoms with Gasteiger partial charge in [0.1, 0.15) is 16.9 Å². The van der Waals surface area contributed by atoms with Gasteiger partial charge in [0.2, 0.25) is 0 Å². The Morgan fingerprint density at radius 3 is 2.57 bits per heavy atom. The first-order valence-electron chi connectivity index (χ1n) is 10.1. The molecule has 0 bridgehead atoms. The summed E-state index contributed by atoms with van der Waals surface area (Å²) < 4.78 is 7.61. The minimum absolute atomic E-state index is 0.155. The van der Waals surface area contributed by atoms with Crippen LogP contribution in [0.25, 0.3) is 22.3 Å². The van der Waals surface area contributed by atoms with Crippen molar-refractivity contribution in [2.45, 2.75) is 45.3 Å². The molecule has 0 saturated carbocycles. The average Bonchev–Trinajstić information content (AvgIpc) is 3.03. The minimum atomic E-state index is -0.503. The Labute approximate surface area is 175 Å². The number of carbonyl (C=O) groups is 1. The Morgan fingerprint density at radius 1 is 1.20 bits per heavy atom. The number of para-hydroxylation sites is 1. The van der Waals surface area contributed by atoms with Gasteiger partial charge in [0.05, 0.1) is 16.9 Å². The van der Waals surface area contributed by atoms with Gasteiger partial charge in [-0.15, -0.1) is 10.2 Å². The van der Waals surface area contributed by atoms with Crippen molar-refractivity contribution < 1.29 is 14.6 Å². The predicted molar refractivity (Wildman–Crippen MR) is 115 cm³/mol. The molecule has 0 aliphatic carbocycles. The third kappa shape index (κ3) is 3.90. The van der Waals surface area contributed by atoms with E-state index in [1.807, 2.05) is 39.1 Å². The molecule has 0 unspecified atom stereocenters. The number of nitrogen functional groups attached to an aromatic ring is 1. The summed E-state index contributed by atoms with van der Waals surface area (Å²) in [4.78, 5) is 14.1. The molecule has 1 amide bonds. The van der Waals surface area contributed by atoms with Crippen molar-refractivity contribution in [1.82, 2.24) is 19.7 Å². The monoisotopic (exact) mass is 409 g/mol. The van der Waals surface area contributed by atoms with Crippen LogP contribution in [-0.2, 0) is 4.74 Å². The summed E-state index contributed by atoms with van der Waals surface area (Å²) in [5.41, 5.74) is 8.98. The van der Waals surface area contributed by atoms with Crippen molar-refractivity contribution in [2.75, 3.05) is 18.8 Å². The number of hydrogen-bond acceptors (Lipinski definition) is 6. The summed E-state index contributed by atoms with van der Waals surface area (Å²) in [6.45, 7) is 6.84. The molecule has 0 radical (unpaired) electrons. The number of rotatable bonds is 2. The van der Waals surface area contributed by atoms with Gasteiger partial charge in [0, 0.05) is 30.9 Å². The predicted octanol–water partition coefficient (Wildman–Crippen LogP) is 3.96. The fraction of sp³-hybridized carbons (Fsp3) is 0.409. The van der Waals surface area contributed by atoms with Gasteiger partial charge in [0.15, 0.2) is 0 Å². The van der Waals surface area contributed by atoms with Crippen molar-refractivity contribution in [2.24, 2.45) is 0 Å². The first kappa shape index (κ1) is 20.0. The van der Waals surface area contributed by atoms with Gasteiger partial charge >= 0.3 is 6.09 Å². The van der Waals surface area contributed by atoms with Gasteiger partial charge in [-0.2, -0.15) is 0 Å².